The first-order valence-electron chi connectivity index (χ1n) is 8.79. The van der Waals surface area contributed by atoms with Gasteiger partial charge in [0.15, 0.2) is 0 Å². The van der Waals surface area contributed by atoms with E-state index in [1.807, 2.05) is 31.2 Å². The number of rotatable bonds is 5. The summed E-state index contributed by atoms with van der Waals surface area (Å²) >= 11 is 0. The van der Waals surface area contributed by atoms with Crippen molar-refractivity contribution in [3.63, 3.8) is 0 Å². The summed E-state index contributed by atoms with van der Waals surface area (Å²) in [5.74, 6) is 0.840. The van der Waals surface area contributed by atoms with Gasteiger partial charge in [-0.1, -0.05) is 50.2 Å². The van der Waals surface area contributed by atoms with Gasteiger partial charge < -0.3 is 4.74 Å². The Kier molecular flexibility index (Phi) is 5.17. The Labute approximate surface area is 149 Å². The smallest absolute Gasteiger partial charge is 0.242 e. The summed E-state index contributed by atoms with van der Waals surface area (Å²) in [5, 5.41) is 6.30. The van der Waals surface area contributed by atoms with Crippen LogP contribution in [-0.4, -0.2) is 23.7 Å². The fraction of sp³-hybridized carbons (Fsp3) is 0.333. The predicted octanol–water partition coefficient (Wildman–Crippen LogP) is 4.35. The highest BCUT2D eigenvalue weighted by Crippen LogP contribution is 2.34. The van der Waals surface area contributed by atoms with Crippen molar-refractivity contribution in [1.82, 2.24) is 5.01 Å². The minimum Gasteiger partial charge on any atom is -0.497 e. The first-order valence-corrected chi connectivity index (χ1v) is 8.79. The van der Waals surface area contributed by atoms with Crippen LogP contribution >= 0.6 is 0 Å². The van der Waals surface area contributed by atoms with Gasteiger partial charge in [0.1, 0.15) is 5.75 Å². The molecule has 1 heterocycles. The molecule has 1 amide bonds. The lowest BCUT2D eigenvalue weighted by Gasteiger charge is -2.21. The van der Waals surface area contributed by atoms with Crippen LogP contribution in [0.1, 0.15) is 49.4 Å². The molecule has 0 bridgehead atoms. The molecule has 130 valence electrons. The van der Waals surface area contributed by atoms with Crippen LogP contribution in [0.15, 0.2) is 53.6 Å². The maximum atomic E-state index is 12.4. The third-order valence-electron chi connectivity index (χ3n) is 4.64. The van der Waals surface area contributed by atoms with Gasteiger partial charge in [-0.2, -0.15) is 5.10 Å². The number of nitrogens with zero attached hydrogens (tertiary/aromatic N) is 2. The summed E-state index contributed by atoms with van der Waals surface area (Å²) in [6.07, 6.45) is 2.16. The molecule has 1 aliphatic heterocycles. The highest BCUT2D eigenvalue weighted by atomic mass is 16.5. The van der Waals surface area contributed by atoms with Gasteiger partial charge in [-0.25, -0.2) is 5.01 Å². The third-order valence-corrected chi connectivity index (χ3v) is 4.64. The van der Waals surface area contributed by atoms with Crippen LogP contribution in [0.5, 0.6) is 5.75 Å². The van der Waals surface area contributed by atoms with Crippen molar-refractivity contribution in [2.45, 2.75) is 39.2 Å². The molecule has 0 aromatic heterocycles. The van der Waals surface area contributed by atoms with Crippen molar-refractivity contribution < 1.29 is 9.53 Å². The van der Waals surface area contributed by atoms with Crippen LogP contribution in [0.25, 0.3) is 0 Å². The van der Waals surface area contributed by atoms with E-state index in [0.717, 1.165) is 29.0 Å². The van der Waals surface area contributed by atoms with Crippen molar-refractivity contribution >= 4 is 11.6 Å². The fourth-order valence-electron chi connectivity index (χ4n) is 3.11. The third kappa shape index (κ3) is 3.58. The van der Waals surface area contributed by atoms with Crippen LogP contribution in [0.3, 0.4) is 0 Å². The molecule has 2 aromatic carbocycles. The van der Waals surface area contributed by atoms with E-state index in [2.05, 4.69) is 36.3 Å². The van der Waals surface area contributed by atoms with Crippen LogP contribution in [0.4, 0.5) is 0 Å². The predicted molar refractivity (Wildman–Crippen MR) is 99.8 cm³/mol. The molecule has 3 rings (SSSR count). The Morgan fingerprint density at radius 2 is 1.96 bits per heavy atom. The normalized spacial score (nSPS) is 16.7. The maximum absolute atomic E-state index is 12.4. The highest BCUT2D eigenvalue weighted by molar-refractivity contribution is 6.03. The molecule has 0 unspecified atom stereocenters. The van der Waals surface area contributed by atoms with Gasteiger partial charge in [-0.15, -0.1) is 0 Å². The van der Waals surface area contributed by atoms with E-state index in [1.165, 1.54) is 5.56 Å². The molecule has 0 aliphatic carbocycles. The van der Waals surface area contributed by atoms with E-state index in [0.29, 0.717) is 12.8 Å². The summed E-state index contributed by atoms with van der Waals surface area (Å²) in [6, 6.07) is 16.3. The molecule has 0 N–H and O–H groups in total. The summed E-state index contributed by atoms with van der Waals surface area (Å²) in [4.78, 5) is 12.4. The zero-order valence-corrected chi connectivity index (χ0v) is 15.0. The van der Waals surface area contributed by atoms with E-state index in [1.54, 1.807) is 12.1 Å². The van der Waals surface area contributed by atoms with Gasteiger partial charge in [-0.05, 0) is 29.7 Å². The van der Waals surface area contributed by atoms with Crippen LogP contribution in [-0.2, 0) is 11.2 Å². The molecule has 0 radical (unpaired) electrons. The van der Waals surface area contributed by atoms with Gasteiger partial charge >= 0.3 is 0 Å². The van der Waals surface area contributed by atoms with E-state index < -0.39 is 0 Å². The van der Waals surface area contributed by atoms with E-state index in [-0.39, 0.29) is 11.9 Å². The van der Waals surface area contributed by atoms with Crippen LogP contribution in [0, 0.1) is 0 Å². The van der Waals surface area contributed by atoms with Crippen molar-refractivity contribution in [3.8, 4) is 5.75 Å². The number of carbonyl (C=O) groups excluding carboxylic acids is 1. The number of carbonyl (C=O) groups is 1. The highest BCUT2D eigenvalue weighted by Gasteiger charge is 2.32. The Morgan fingerprint density at radius 1 is 1.20 bits per heavy atom. The first-order chi connectivity index (χ1) is 12.2. The molecule has 25 heavy (non-hydrogen) atoms. The summed E-state index contributed by atoms with van der Waals surface area (Å²) < 4.78 is 5.31. The summed E-state index contributed by atoms with van der Waals surface area (Å²) in [7, 11) is 1.65. The second-order valence-electron chi connectivity index (χ2n) is 6.19. The van der Waals surface area contributed by atoms with Gasteiger partial charge in [0.05, 0.1) is 18.9 Å². The SMILES string of the molecule is CCC(=O)N1N=C(c2cccc(OC)c2)C[C@@H]1c1ccc(CC)cc1. The molecular weight excluding hydrogens is 312 g/mol. The Morgan fingerprint density at radius 3 is 2.60 bits per heavy atom. The van der Waals surface area contributed by atoms with E-state index in [9.17, 15) is 4.79 Å². The number of ether oxygens (including phenoxy) is 1. The Hall–Kier alpha value is -2.62. The number of methoxy groups -OCH3 is 1. The van der Waals surface area contributed by atoms with Crippen molar-refractivity contribution in [3.05, 3.63) is 65.2 Å². The van der Waals surface area contributed by atoms with Gasteiger partial charge in [0.2, 0.25) is 5.91 Å². The average molecular weight is 336 g/mol. The molecule has 4 nitrogen and oxygen atoms in total. The Balaban J connectivity index is 1.93. The van der Waals surface area contributed by atoms with Crippen molar-refractivity contribution in [1.29, 1.82) is 0 Å². The van der Waals surface area contributed by atoms with E-state index >= 15 is 0 Å². The second kappa shape index (κ2) is 7.51. The van der Waals surface area contributed by atoms with Crippen LogP contribution in [0.2, 0.25) is 0 Å². The number of hydrogen-bond donors (Lipinski definition) is 0. The largest absolute Gasteiger partial charge is 0.497 e. The lowest BCUT2D eigenvalue weighted by atomic mass is 9.97. The quantitative estimate of drug-likeness (QED) is 0.815. The Bertz CT molecular complexity index is 781. The van der Waals surface area contributed by atoms with Gasteiger partial charge in [0.25, 0.3) is 0 Å². The molecule has 0 spiro atoms. The molecule has 1 atom stereocenters. The number of aryl methyl sites for hydroxylation is 1. The maximum Gasteiger partial charge on any atom is 0.242 e. The number of amides is 1. The lowest BCUT2D eigenvalue weighted by molar-refractivity contribution is -0.132. The number of hydrazone groups is 1. The standard InChI is InChI=1S/C21H24N2O2/c1-4-15-9-11-16(12-10-15)20-14-19(22-23(20)21(24)5-2)17-7-6-8-18(13-17)25-3/h6-13,20H,4-5,14H2,1-3H3/t20-/m1/s1. The van der Waals surface area contributed by atoms with Gasteiger partial charge in [0, 0.05) is 18.4 Å². The average Bonchev–Trinajstić information content (AvgIpc) is 3.13. The lowest BCUT2D eigenvalue weighted by Crippen LogP contribution is -2.26. The zero-order chi connectivity index (χ0) is 17.8. The molecular formula is C21H24N2O2. The molecule has 0 saturated carbocycles. The van der Waals surface area contributed by atoms with Crippen molar-refractivity contribution in [2.24, 2.45) is 5.10 Å². The molecule has 0 fully saturated rings. The van der Waals surface area contributed by atoms with E-state index in [4.69, 9.17) is 4.74 Å². The number of hydrogen-bond acceptors (Lipinski definition) is 3. The molecule has 0 saturated heterocycles. The minimum atomic E-state index is -0.0421. The summed E-state index contributed by atoms with van der Waals surface area (Å²) in [6.45, 7) is 4.01. The second-order valence-corrected chi connectivity index (χ2v) is 6.19. The summed E-state index contributed by atoms with van der Waals surface area (Å²) in [5.41, 5.74) is 4.34. The zero-order valence-electron chi connectivity index (χ0n) is 15.0. The molecule has 4 heteroatoms. The van der Waals surface area contributed by atoms with Crippen molar-refractivity contribution in [2.75, 3.05) is 7.11 Å². The number of benzene rings is 2. The molecule has 1 aliphatic rings. The first kappa shape index (κ1) is 17.2. The topological polar surface area (TPSA) is 41.9 Å². The fourth-order valence-corrected chi connectivity index (χ4v) is 3.11. The minimum absolute atomic E-state index is 0.0421. The van der Waals surface area contributed by atoms with Gasteiger partial charge in [-0.3, -0.25) is 4.79 Å². The molecule has 2 aromatic rings. The monoisotopic (exact) mass is 336 g/mol. The van der Waals surface area contributed by atoms with Crippen LogP contribution < -0.4 is 4.74 Å².